The summed E-state index contributed by atoms with van der Waals surface area (Å²) >= 11 is 0. The Morgan fingerprint density at radius 2 is 1.55 bits per heavy atom. The molecule has 1 nitrogen and oxygen atoms in total. The van der Waals surface area contributed by atoms with Crippen molar-refractivity contribution in [3.05, 3.63) is 0 Å². The molecule has 0 aromatic rings. The fourth-order valence-electron chi connectivity index (χ4n) is 1.62. The van der Waals surface area contributed by atoms with Crippen molar-refractivity contribution in [2.45, 2.75) is 44.9 Å². The second-order valence-electron chi connectivity index (χ2n) is 3.57. The molecule has 0 radical (unpaired) electrons. The Kier molecular flexibility index (Phi) is 4.25. The molecular formula is C10H20N+. The van der Waals surface area contributed by atoms with Crippen LogP contribution in [0.1, 0.15) is 44.9 Å². The summed E-state index contributed by atoms with van der Waals surface area (Å²) < 4.78 is 2.35. The maximum atomic E-state index is 2.35. The van der Waals surface area contributed by atoms with Crippen molar-refractivity contribution >= 4 is 6.21 Å². The third-order valence-corrected chi connectivity index (χ3v) is 2.41. The summed E-state index contributed by atoms with van der Waals surface area (Å²) in [6, 6.07) is 0. The molecule has 0 atom stereocenters. The van der Waals surface area contributed by atoms with E-state index in [1.807, 2.05) is 0 Å². The lowest BCUT2D eigenvalue weighted by Crippen LogP contribution is -2.09. The first kappa shape index (κ1) is 8.76. The Morgan fingerprint density at radius 1 is 0.909 bits per heavy atom. The molecule has 0 saturated carbocycles. The van der Waals surface area contributed by atoms with Crippen LogP contribution < -0.4 is 0 Å². The smallest absolute Gasteiger partial charge is 0.142 e. The van der Waals surface area contributed by atoms with Gasteiger partial charge in [0.15, 0.2) is 0 Å². The van der Waals surface area contributed by atoms with Crippen LogP contribution in [0.4, 0.5) is 0 Å². The molecule has 1 heterocycles. The molecule has 64 valence electrons. The highest BCUT2D eigenvalue weighted by Gasteiger charge is 1.99. The van der Waals surface area contributed by atoms with Gasteiger partial charge in [0.1, 0.15) is 19.8 Å². The standard InChI is InChI=1S/C10H20N/c1-11-9-7-5-3-2-4-6-8-10-11/h9H,2-8,10H2,1H3/q+1/b11-9-. The van der Waals surface area contributed by atoms with Crippen LogP contribution in [0.25, 0.3) is 0 Å². The summed E-state index contributed by atoms with van der Waals surface area (Å²) in [6.07, 6.45) is 12.2. The Morgan fingerprint density at radius 3 is 2.36 bits per heavy atom. The lowest BCUT2D eigenvalue weighted by atomic mass is 10.1. The van der Waals surface area contributed by atoms with Crippen molar-refractivity contribution in [2.24, 2.45) is 0 Å². The third kappa shape index (κ3) is 4.18. The lowest BCUT2D eigenvalue weighted by Gasteiger charge is -2.02. The molecule has 1 aliphatic heterocycles. The molecule has 0 spiro atoms. The van der Waals surface area contributed by atoms with Gasteiger partial charge in [-0.05, 0) is 12.8 Å². The average Bonchev–Trinajstić information content (AvgIpc) is 2.03. The number of rotatable bonds is 0. The van der Waals surface area contributed by atoms with Crippen molar-refractivity contribution in [1.29, 1.82) is 0 Å². The highest BCUT2D eigenvalue weighted by atomic mass is 14.9. The van der Waals surface area contributed by atoms with Gasteiger partial charge in [-0.25, -0.2) is 4.58 Å². The van der Waals surface area contributed by atoms with Gasteiger partial charge in [0.2, 0.25) is 0 Å². The Labute approximate surface area is 70.1 Å². The van der Waals surface area contributed by atoms with Crippen LogP contribution in [0.15, 0.2) is 0 Å². The Balaban J connectivity index is 2.27. The van der Waals surface area contributed by atoms with Crippen LogP contribution >= 0.6 is 0 Å². The summed E-state index contributed by atoms with van der Waals surface area (Å²) in [7, 11) is 2.20. The third-order valence-electron chi connectivity index (χ3n) is 2.41. The zero-order valence-electron chi connectivity index (χ0n) is 7.68. The molecule has 1 rings (SSSR count). The van der Waals surface area contributed by atoms with Gasteiger partial charge >= 0.3 is 0 Å². The molecule has 0 aromatic carbocycles. The summed E-state index contributed by atoms with van der Waals surface area (Å²) in [5, 5.41) is 0. The largest absolute Gasteiger partial charge is 0.242 e. The van der Waals surface area contributed by atoms with E-state index in [0.29, 0.717) is 0 Å². The van der Waals surface area contributed by atoms with Crippen molar-refractivity contribution < 1.29 is 4.58 Å². The lowest BCUT2D eigenvalue weighted by molar-refractivity contribution is -0.494. The van der Waals surface area contributed by atoms with E-state index < -0.39 is 0 Å². The average molecular weight is 154 g/mol. The SMILES string of the molecule is C/[N+]1=C/CCCCCCCC1. The predicted octanol–water partition coefficient (Wildman–Crippen LogP) is 2.44. The van der Waals surface area contributed by atoms with Gasteiger partial charge in [0.25, 0.3) is 0 Å². The van der Waals surface area contributed by atoms with Gasteiger partial charge in [0.05, 0.1) is 0 Å². The fraction of sp³-hybridized carbons (Fsp3) is 0.900. The Bertz CT molecular complexity index is 127. The minimum absolute atomic E-state index is 1.26. The molecule has 0 aliphatic carbocycles. The number of hydrogen-bond acceptors (Lipinski definition) is 0. The van der Waals surface area contributed by atoms with Gasteiger partial charge in [-0.1, -0.05) is 19.3 Å². The van der Waals surface area contributed by atoms with Gasteiger partial charge in [-0.2, -0.15) is 0 Å². The molecule has 11 heavy (non-hydrogen) atoms. The van der Waals surface area contributed by atoms with Crippen LogP contribution in [0, 0.1) is 0 Å². The van der Waals surface area contributed by atoms with Crippen molar-refractivity contribution in [3.63, 3.8) is 0 Å². The summed E-state index contributed by atoms with van der Waals surface area (Å²) in [5.41, 5.74) is 0. The van der Waals surface area contributed by atoms with E-state index in [2.05, 4.69) is 17.8 Å². The van der Waals surface area contributed by atoms with E-state index in [4.69, 9.17) is 0 Å². The zero-order valence-corrected chi connectivity index (χ0v) is 7.68. The molecule has 1 aliphatic rings. The zero-order chi connectivity index (χ0) is 7.94. The van der Waals surface area contributed by atoms with Crippen molar-refractivity contribution in [2.75, 3.05) is 13.6 Å². The topological polar surface area (TPSA) is 3.01 Å². The number of hydrogen-bond donors (Lipinski definition) is 0. The van der Waals surface area contributed by atoms with E-state index >= 15 is 0 Å². The monoisotopic (exact) mass is 154 g/mol. The van der Waals surface area contributed by atoms with Gasteiger partial charge < -0.3 is 0 Å². The first-order valence-corrected chi connectivity index (χ1v) is 4.93. The van der Waals surface area contributed by atoms with Crippen LogP contribution in [-0.4, -0.2) is 24.4 Å². The summed E-state index contributed by atoms with van der Waals surface area (Å²) in [4.78, 5) is 0. The maximum Gasteiger partial charge on any atom is 0.142 e. The second kappa shape index (κ2) is 5.34. The van der Waals surface area contributed by atoms with E-state index in [0.717, 1.165) is 0 Å². The minimum Gasteiger partial charge on any atom is -0.242 e. The minimum atomic E-state index is 1.26. The normalized spacial score (nSPS) is 27.2. The quantitative estimate of drug-likeness (QED) is 0.471. The molecule has 1 heteroatoms. The first-order valence-electron chi connectivity index (χ1n) is 4.93. The van der Waals surface area contributed by atoms with Gasteiger partial charge in [-0.15, -0.1) is 0 Å². The van der Waals surface area contributed by atoms with E-state index in [1.165, 1.54) is 51.5 Å². The highest BCUT2D eigenvalue weighted by molar-refractivity contribution is 5.50. The second-order valence-corrected chi connectivity index (χ2v) is 3.57. The highest BCUT2D eigenvalue weighted by Crippen LogP contribution is 2.07. The van der Waals surface area contributed by atoms with Crippen molar-refractivity contribution in [1.82, 2.24) is 0 Å². The summed E-state index contributed by atoms with van der Waals surface area (Å²) in [6.45, 7) is 1.26. The molecule has 0 bridgehead atoms. The first-order chi connectivity index (χ1) is 5.39. The molecule has 0 saturated heterocycles. The molecule has 0 N–H and O–H groups in total. The van der Waals surface area contributed by atoms with E-state index in [-0.39, 0.29) is 0 Å². The molecule has 0 unspecified atom stereocenters. The van der Waals surface area contributed by atoms with E-state index in [9.17, 15) is 0 Å². The molecular weight excluding hydrogens is 134 g/mol. The molecule has 0 fully saturated rings. The number of nitrogens with zero attached hydrogens (tertiary/aromatic N) is 1. The van der Waals surface area contributed by atoms with Crippen LogP contribution in [0.5, 0.6) is 0 Å². The molecule has 0 amide bonds. The van der Waals surface area contributed by atoms with Gasteiger partial charge in [0, 0.05) is 12.8 Å². The van der Waals surface area contributed by atoms with E-state index in [1.54, 1.807) is 0 Å². The van der Waals surface area contributed by atoms with Crippen LogP contribution in [-0.2, 0) is 0 Å². The maximum absolute atomic E-state index is 2.35. The molecule has 0 aromatic heterocycles. The van der Waals surface area contributed by atoms with Gasteiger partial charge in [-0.3, -0.25) is 0 Å². The van der Waals surface area contributed by atoms with Crippen LogP contribution in [0.2, 0.25) is 0 Å². The summed E-state index contributed by atoms with van der Waals surface area (Å²) in [5.74, 6) is 0. The van der Waals surface area contributed by atoms with Crippen molar-refractivity contribution in [3.8, 4) is 0 Å². The fourth-order valence-corrected chi connectivity index (χ4v) is 1.62. The van der Waals surface area contributed by atoms with Crippen LogP contribution in [0.3, 0.4) is 0 Å². The Hall–Kier alpha value is -0.330. The predicted molar refractivity (Wildman–Crippen MR) is 49.4 cm³/mol.